The van der Waals surface area contributed by atoms with Gasteiger partial charge in [-0.3, -0.25) is 4.79 Å². The van der Waals surface area contributed by atoms with Crippen LogP contribution in [-0.4, -0.2) is 15.7 Å². The number of fused-ring (bicyclic) bond motifs is 2. The summed E-state index contributed by atoms with van der Waals surface area (Å²) in [7, 11) is 0. The smallest absolute Gasteiger partial charge is 0.322 e. The van der Waals surface area contributed by atoms with E-state index in [1.807, 2.05) is 6.08 Å². The molecule has 2 aromatic rings. The summed E-state index contributed by atoms with van der Waals surface area (Å²) in [5.74, 6) is 0.393. The highest BCUT2D eigenvalue weighted by Crippen LogP contribution is 2.44. The zero-order valence-corrected chi connectivity index (χ0v) is 14.8. The average Bonchev–Trinajstić information content (AvgIpc) is 3.36. The Morgan fingerprint density at radius 3 is 2.24 bits per heavy atom. The highest BCUT2D eigenvalue weighted by Gasteiger charge is 2.42. The molecule has 1 heterocycles. The first-order valence-electron chi connectivity index (χ1n) is 8.90. The van der Waals surface area contributed by atoms with Crippen LogP contribution in [0.25, 0.3) is 5.69 Å². The van der Waals surface area contributed by atoms with E-state index >= 15 is 0 Å². The molecule has 2 aliphatic carbocycles. The minimum Gasteiger partial charge on any atom is -0.322 e. The van der Waals surface area contributed by atoms with Crippen LogP contribution in [-0.2, 0) is 17.1 Å². The van der Waals surface area contributed by atoms with Gasteiger partial charge in [-0.05, 0) is 55.4 Å². The van der Waals surface area contributed by atoms with Crippen molar-refractivity contribution in [1.82, 2.24) is 9.78 Å². The molecule has 0 spiro atoms. The molecule has 0 aliphatic heterocycles. The zero-order valence-electron chi connectivity index (χ0n) is 14.8. The summed E-state index contributed by atoms with van der Waals surface area (Å²) in [6, 6.07) is 4.98. The first kappa shape index (κ1) is 19.5. The molecule has 1 N–H and O–H groups in total. The lowest BCUT2D eigenvalue weighted by Gasteiger charge is -2.14. The van der Waals surface area contributed by atoms with Gasteiger partial charge in [-0.15, -0.1) is 0 Å². The Kier molecular flexibility index (Phi) is 4.47. The normalized spacial score (nSPS) is 21.4. The van der Waals surface area contributed by atoms with Crippen molar-refractivity contribution in [3.8, 4) is 5.69 Å². The molecular formula is C19H15F6N3O. The SMILES string of the molecule is O=C(Nc1ccc(-n2nc(C(F)(F)F)cc2C(F)(F)F)cc1)C1=CC2CCC1C2. The van der Waals surface area contributed by atoms with Gasteiger partial charge in [0, 0.05) is 17.3 Å². The highest BCUT2D eigenvalue weighted by molar-refractivity contribution is 6.04. The highest BCUT2D eigenvalue weighted by atomic mass is 19.4. The molecular weight excluding hydrogens is 400 g/mol. The van der Waals surface area contributed by atoms with Crippen LogP contribution in [0.2, 0.25) is 0 Å². The summed E-state index contributed by atoms with van der Waals surface area (Å²) in [5.41, 5.74) is -2.32. The van der Waals surface area contributed by atoms with Gasteiger partial charge in [0.2, 0.25) is 0 Å². The molecule has 4 rings (SSSR count). The van der Waals surface area contributed by atoms with Crippen molar-refractivity contribution >= 4 is 11.6 Å². The van der Waals surface area contributed by atoms with E-state index in [0.29, 0.717) is 17.2 Å². The van der Waals surface area contributed by atoms with Crippen LogP contribution in [0.3, 0.4) is 0 Å². The Balaban J connectivity index is 1.57. The number of rotatable bonds is 3. The van der Waals surface area contributed by atoms with Gasteiger partial charge in [-0.2, -0.15) is 31.4 Å². The van der Waals surface area contributed by atoms with E-state index in [2.05, 4.69) is 10.4 Å². The summed E-state index contributed by atoms with van der Waals surface area (Å²) < 4.78 is 78.1. The predicted molar refractivity (Wildman–Crippen MR) is 91.1 cm³/mol. The van der Waals surface area contributed by atoms with Gasteiger partial charge >= 0.3 is 12.4 Å². The Morgan fingerprint density at radius 1 is 1.03 bits per heavy atom. The van der Waals surface area contributed by atoms with Gasteiger partial charge in [0.25, 0.3) is 5.91 Å². The van der Waals surface area contributed by atoms with Gasteiger partial charge in [-0.1, -0.05) is 6.08 Å². The van der Waals surface area contributed by atoms with Crippen molar-refractivity contribution in [3.05, 3.63) is 53.4 Å². The summed E-state index contributed by atoms with van der Waals surface area (Å²) in [4.78, 5) is 12.4. The summed E-state index contributed by atoms with van der Waals surface area (Å²) in [5, 5.41) is 5.76. The van der Waals surface area contributed by atoms with Crippen LogP contribution in [0.4, 0.5) is 32.0 Å². The maximum Gasteiger partial charge on any atom is 0.435 e. The Labute approximate surface area is 161 Å². The average molecular weight is 415 g/mol. The van der Waals surface area contributed by atoms with Gasteiger partial charge in [-0.25, -0.2) is 4.68 Å². The molecule has 4 nitrogen and oxygen atoms in total. The van der Waals surface area contributed by atoms with E-state index < -0.39 is 23.7 Å². The Hall–Kier alpha value is -2.78. The summed E-state index contributed by atoms with van der Waals surface area (Å²) >= 11 is 0. The first-order chi connectivity index (χ1) is 13.5. The van der Waals surface area contributed by atoms with Crippen LogP contribution in [0, 0.1) is 11.8 Å². The van der Waals surface area contributed by atoms with E-state index in [-0.39, 0.29) is 28.3 Å². The fraction of sp³-hybridized carbons (Fsp3) is 0.368. The van der Waals surface area contributed by atoms with Crippen LogP contribution in [0.5, 0.6) is 0 Å². The van der Waals surface area contributed by atoms with Crippen LogP contribution < -0.4 is 5.32 Å². The fourth-order valence-electron chi connectivity index (χ4n) is 3.91. The molecule has 1 aromatic heterocycles. The van der Waals surface area contributed by atoms with Gasteiger partial charge in [0.15, 0.2) is 5.69 Å². The molecule has 2 bridgehead atoms. The zero-order chi connectivity index (χ0) is 21.0. The third-order valence-corrected chi connectivity index (χ3v) is 5.25. The second kappa shape index (κ2) is 6.64. The molecule has 10 heteroatoms. The summed E-state index contributed by atoms with van der Waals surface area (Å²) in [6.45, 7) is 0. The molecule has 1 saturated carbocycles. The van der Waals surface area contributed by atoms with Gasteiger partial charge in [0.1, 0.15) is 5.69 Å². The van der Waals surface area contributed by atoms with Crippen LogP contribution in [0.1, 0.15) is 30.7 Å². The maximum absolute atomic E-state index is 13.1. The van der Waals surface area contributed by atoms with Crippen molar-refractivity contribution in [1.29, 1.82) is 0 Å². The largest absolute Gasteiger partial charge is 0.435 e. The van der Waals surface area contributed by atoms with E-state index in [0.717, 1.165) is 19.3 Å². The molecule has 2 atom stereocenters. The molecule has 1 aromatic carbocycles. The number of nitrogens with zero attached hydrogens (tertiary/aromatic N) is 2. The number of halogens is 6. The Morgan fingerprint density at radius 2 is 1.72 bits per heavy atom. The number of carbonyl (C=O) groups is 1. The number of benzene rings is 1. The number of amides is 1. The molecule has 1 amide bonds. The number of allylic oxidation sites excluding steroid dienone is 1. The minimum atomic E-state index is -5.02. The van der Waals surface area contributed by atoms with Crippen molar-refractivity contribution in [2.24, 2.45) is 11.8 Å². The monoisotopic (exact) mass is 415 g/mol. The minimum absolute atomic E-state index is 0.0305. The number of anilines is 1. The fourth-order valence-corrected chi connectivity index (χ4v) is 3.91. The molecule has 154 valence electrons. The molecule has 0 radical (unpaired) electrons. The lowest BCUT2D eigenvalue weighted by atomic mass is 9.98. The third-order valence-electron chi connectivity index (χ3n) is 5.25. The van der Waals surface area contributed by atoms with E-state index in [1.165, 1.54) is 24.3 Å². The lowest BCUT2D eigenvalue weighted by molar-refractivity contribution is -0.143. The second-order valence-corrected chi connectivity index (χ2v) is 7.22. The Bertz CT molecular complexity index is 971. The predicted octanol–water partition coefficient (Wildman–Crippen LogP) is 5.20. The molecule has 1 fully saturated rings. The molecule has 29 heavy (non-hydrogen) atoms. The van der Waals surface area contributed by atoms with Crippen molar-refractivity contribution in [2.75, 3.05) is 5.32 Å². The van der Waals surface area contributed by atoms with Crippen LogP contribution in [0.15, 0.2) is 42.0 Å². The quantitative estimate of drug-likeness (QED) is 0.700. The topological polar surface area (TPSA) is 46.9 Å². The number of carbonyl (C=O) groups excluding carboxylic acids is 1. The number of hydrogen-bond acceptors (Lipinski definition) is 2. The lowest BCUT2D eigenvalue weighted by Crippen LogP contribution is -2.18. The first-order valence-corrected chi connectivity index (χ1v) is 8.90. The van der Waals surface area contributed by atoms with E-state index in [1.54, 1.807) is 0 Å². The summed E-state index contributed by atoms with van der Waals surface area (Å²) in [6.07, 6.45) is -5.07. The number of nitrogens with one attached hydrogen (secondary N) is 1. The molecule has 2 aliphatic rings. The maximum atomic E-state index is 13.1. The van der Waals surface area contributed by atoms with E-state index in [9.17, 15) is 31.1 Å². The number of hydrogen-bond donors (Lipinski definition) is 1. The van der Waals surface area contributed by atoms with Gasteiger partial charge in [0.05, 0.1) is 5.69 Å². The number of aromatic nitrogens is 2. The second-order valence-electron chi connectivity index (χ2n) is 7.22. The number of alkyl halides is 6. The van der Waals surface area contributed by atoms with Crippen LogP contribution >= 0.6 is 0 Å². The van der Waals surface area contributed by atoms with E-state index in [4.69, 9.17) is 0 Å². The standard InChI is InChI=1S/C19H15F6N3O/c20-18(21,22)15-9-16(19(23,24)25)28(27-15)13-5-3-12(4-6-13)26-17(29)14-8-10-1-2-11(14)7-10/h3-6,8-11H,1-2,7H2,(H,26,29). The third kappa shape index (κ3) is 3.75. The molecule has 2 unspecified atom stereocenters. The van der Waals surface area contributed by atoms with Crippen molar-refractivity contribution in [3.63, 3.8) is 0 Å². The van der Waals surface area contributed by atoms with Crippen molar-refractivity contribution < 1.29 is 31.1 Å². The molecule has 0 saturated heterocycles. The van der Waals surface area contributed by atoms with Crippen molar-refractivity contribution in [2.45, 2.75) is 31.6 Å². The van der Waals surface area contributed by atoms with Gasteiger partial charge < -0.3 is 5.32 Å².